The highest BCUT2D eigenvalue weighted by Gasteiger charge is 2.36. The summed E-state index contributed by atoms with van der Waals surface area (Å²) in [6.07, 6.45) is 0.567. The Balaban J connectivity index is 1.92. The van der Waals surface area contributed by atoms with E-state index < -0.39 is 23.5 Å². The van der Waals surface area contributed by atoms with E-state index in [-0.39, 0.29) is 16.1 Å². The van der Waals surface area contributed by atoms with Crippen molar-refractivity contribution < 1.29 is 22.7 Å². The lowest BCUT2D eigenvalue weighted by atomic mass is 9.91. The number of methoxy groups -OCH3 is 1. The number of halogens is 4. The van der Waals surface area contributed by atoms with Crippen LogP contribution < -0.4 is 4.31 Å². The molecule has 1 amide bonds. The Kier molecular flexibility index (Phi) is 7.06. The molecule has 5 nitrogen and oxygen atoms in total. The topological polar surface area (TPSA) is 55.3 Å². The molecule has 0 saturated heterocycles. The van der Waals surface area contributed by atoms with Gasteiger partial charge in [0.15, 0.2) is 0 Å². The van der Waals surface area contributed by atoms with Crippen molar-refractivity contribution >= 4 is 46.7 Å². The number of ether oxygens (including phenoxy) is 1. The van der Waals surface area contributed by atoms with Crippen LogP contribution in [0.2, 0.25) is 5.02 Å². The van der Waals surface area contributed by atoms with Crippen LogP contribution in [0.4, 0.5) is 23.7 Å². The maximum atomic E-state index is 12.9. The third kappa shape index (κ3) is 5.73. The van der Waals surface area contributed by atoms with Crippen molar-refractivity contribution in [3.05, 3.63) is 52.6 Å². The van der Waals surface area contributed by atoms with Crippen LogP contribution in [0.3, 0.4) is 0 Å². The third-order valence-corrected chi connectivity index (χ3v) is 6.23. The summed E-state index contributed by atoms with van der Waals surface area (Å²) >= 11 is 7.15. The zero-order valence-corrected chi connectivity index (χ0v) is 19.9. The number of pyridine rings is 1. The summed E-state index contributed by atoms with van der Waals surface area (Å²) in [5, 5.41) is 2.73. The fourth-order valence-electron chi connectivity index (χ4n) is 2.72. The van der Waals surface area contributed by atoms with Gasteiger partial charge in [0.05, 0.1) is 35.5 Å². The van der Waals surface area contributed by atoms with E-state index in [1.807, 2.05) is 17.5 Å². The number of alkyl halides is 3. The highest BCUT2D eigenvalue weighted by Crippen LogP contribution is 2.40. The first-order valence-corrected chi connectivity index (χ1v) is 11.3. The number of hydrogen-bond donors (Lipinski definition) is 0. The van der Waals surface area contributed by atoms with Gasteiger partial charge >= 0.3 is 11.6 Å². The summed E-state index contributed by atoms with van der Waals surface area (Å²) in [4.78, 5) is 20.9. The summed E-state index contributed by atoms with van der Waals surface area (Å²) in [5.74, 6) is 0. The van der Waals surface area contributed by atoms with Crippen molar-refractivity contribution in [1.82, 2.24) is 9.97 Å². The zero-order valence-electron chi connectivity index (χ0n) is 17.5. The van der Waals surface area contributed by atoms with Gasteiger partial charge in [-0.15, -0.1) is 11.3 Å². The maximum absolute atomic E-state index is 12.9. The molecule has 0 radical (unpaired) electrons. The second-order valence-electron chi connectivity index (χ2n) is 7.68. The van der Waals surface area contributed by atoms with Crippen molar-refractivity contribution in [3.8, 4) is 21.8 Å². The molecule has 0 unspecified atom stereocenters. The van der Waals surface area contributed by atoms with E-state index in [1.165, 1.54) is 29.5 Å². The largest absolute Gasteiger partial charge is 0.462 e. The van der Waals surface area contributed by atoms with E-state index in [2.05, 4.69) is 35.5 Å². The van der Waals surface area contributed by atoms with E-state index in [1.54, 1.807) is 6.20 Å². The van der Waals surface area contributed by atoms with Crippen LogP contribution in [0.5, 0.6) is 0 Å². The van der Waals surface area contributed by atoms with Crippen LogP contribution in [0, 0.1) is 0 Å². The summed E-state index contributed by atoms with van der Waals surface area (Å²) < 4.78 is 43.5. The van der Waals surface area contributed by atoms with E-state index in [4.69, 9.17) is 11.6 Å². The Hall–Kier alpha value is -2.30. The van der Waals surface area contributed by atoms with E-state index in [9.17, 15) is 18.0 Å². The van der Waals surface area contributed by atoms with Gasteiger partial charge in [0.25, 0.3) is 0 Å². The number of carbonyl (C=O) groups excluding carboxylic acids is 1. The standard InChI is InChI=1S/C21H19ClF3N3O2S2/c1-20(2,3)17-9-12(7-8-26-17)18-27-16(11-31-18)14-6-5-13(10-15(14)22)28(19(29)30-4)32-21(23,24)25/h5-11H,1-4H3. The zero-order chi connectivity index (χ0) is 23.7. The van der Waals surface area contributed by atoms with Crippen LogP contribution in [0.1, 0.15) is 26.5 Å². The van der Waals surface area contributed by atoms with Gasteiger partial charge in [-0.1, -0.05) is 32.4 Å². The predicted octanol–water partition coefficient (Wildman–Crippen LogP) is 7.56. The minimum atomic E-state index is -4.68. The Morgan fingerprint density at radius 3 is 2.50 bits per heavy atom. The molecule has 0 aliphatic rings. The number of amides is 1. The minimum absolute atomic E-state index is 0.0627. The molecule has 0 fully saturated rings. The average molecular weight is 502 g/mol. The summed E-state index contributed by atoms with van der Waals surface area (Å²) in [5.41, 5.74) is -1.91. The number of nitrogens with zero attached hydrogens (tertiary/aromatic N) is 3. The number of carbonyl (C=O) groups is 1. The summed E-state index contributed by atoms with van der Waals surface area (Å²) in [7, 11) is 1.00. The molecule has 0 bridgehead atoms. The lowest BCUT2D eigenvalue weighted by Crippen LogP contribution is -2.27. The molecule has 1 aromatic carbocycles. The fraction of sp³-hybridized carbons (Fsp3) is 0.286. The highest BCUT2D eigenvalue weighted by atomic mass is 35.5. The Morgan fingerprint density at radius 1 is 1.19 bits per heavy atom. The molecule has 32 heavy (non-hydrogen) atoms. The smallest absolute Gasteiger partial charge is 0.452 e. The van der Waals surface area contributed by atoms with Crippen molar-refractivity contribution in [2.75, 3.05) is 11.4 Å². The molecule has 0 aliphatic heterocycles. The molecule has 0 atom stereocenters. The maximum Gasteiger partial charge on any atom is 0.462 e. The predicted molar refractivity (Wildman–Crippen MR) is 123 cm³/mol. The number of hydrogen-bond acceptors (Lipinski definition) is 6. The van der Waals surface area contributed by atoms with Gasteiger partial charge in [0.1, 0.15) is 5.01 Å². The van der Waals surface area contributed by atoms with Gasteiger partial charge in [-0.3, -0.25) is 4.98 Å². The lowest BCUT2D eigenvalue weighted by molar-refractivity contribution is -0.0329. The van der Waals surface area contributed by atoms with E-state index in [0.717, 1.165) is 23.4 Å². The Labute approximate surface area is 196 Å². The SMILES string of the molecule is COC(=O)N(SC(F)(F)F)c1ccc(-c2csc(-c3ccnc(C(C)(C)C)c3)n2)c(Cl)c1. The number of rotatable bonds is 4. The van der Waals surface area contributed by atoms with Gasteiger partial charge in [0.2, 0.25) is 0 Å². The van der Waals surface area contributed by atoms with Gasteiger partial charge in [-0.05, 0) is 30.3 Å². The number of anilines is 1. The van der Waals surface area contributed by atoms with Crippen molar-refractivity contribution in [2.24, 2.45) is 0 Å². The van der Waals surface area contributed by atoms with Crippen molar-refractivity contribution in [2.45, 2.75) is 31.7 Å². The molecule has 3 rings (SSSR count). The molecule has 0 saturated carbocycles. The van der Waals surface area contributed by atoms with Gasteiger partial charge in [-0.2, -0.15) is 13.2 Å². The second-order valence-corrected chi connectivity index (χ2v) is 9.96. The van der Waals surface area contributed by atoms with Crippen LogP contribution in [0.15, 0.2) is 41.9 Å². The van der Waals surface area contributed by atoms with Crippen molar-refractivity contribution in [3.63, 3.8) is 0 Å². The van der Waals surface area contributed by atoms with Crippen molar-refractivity contribution in [1.29, 1.82) is 0 Å². The highest BCUT2D eigenvalue weighted by molar-refractivity contribution is 8.02. The number of thiazole rings is 1. The van der Waals surface area contributed by atoms with Gasteiger partial charge in [-0.25, -0.2) is 14.1 Å². The van der Waals surface area contributed by atoms with Crippen LogP contribution >= 0.6 is 34.9 Å². The minimum Gasteiger partial charge on any atom is -0.452 e. The normalized spacial score (nSPS) is 12.0. The van der Waals surface area contributed by atoms with Crippen LogP contribution in [0.25, 0.3) is 21.8 Å². The molecule has 0 N–H and O–H groups in total. The molecular formula is C21H19ClF3N3O2S2. The molecule has 2 aromatic heterocycles. The fourth-order valence-corrected chi connectivity index (χ4v) is 4.39. The number of aromatic nitrogens is 2. The lowest BCUT2D eigenvalue weighted by Gasteiger charge is -2.21. The first kappa shape index (κ1) is 24.3. The van der Waals surface area contributed by atoms with Crippen LogP contribution in [-0.2, 0) is 10.2 Å². The average Bonchev–Trinajstić information content (AvgIpc) is 3.20. The quantitative estimate of drug-likeness (QED) is 0.345. The molecule has 11 heteroatoms. The van der Waals surface area contributed by atoms with Gasteiger partial charge in [0, 0.05) is 33.8 Å². The summed E-state index contributed by atoms with van der Waals surface area (Å²) in [6.45, 7) is 6.22. The Morgan fingerprint density at radius 2 is 1.91 bits per heavy atom. The van der Waals surface area contributed by atoms with E-state index >= 15 is 0 Å². The first-order chi connectivity index (χ1) is 14.9. The molecule has 170 valence electrons. The summed E-state index contributed by atoms with van der Waals surface area (Å²) in [6, 6.07) is 8.01. The van der Waals surface area contributed by atoms with Gasteiger partial charge < -0.3 is 4.74 Å². The monoisotopic (exact) mass is 501 g/mol. The molecule has 0 aliphatic carbocycles. The second kappa shape index (κ2) is 9.29. The molecule has 2 heterocycles. The molecular weight excluding hydrogens is 483 g/mol. The third-order valence-electron chi connectivity index (χ3n) is 4.28. The van der Waals surface area contributed by atoms with E-state index in [0.29, 0.717) is 15.6 Å². The first-order valence-electron chi connectivity index (χ1n) is 9.25. The molecule has 3 aromatic rings. The number of benzene rings is 1. The Bertz CT molecular complexity index is 1130. The van der Waals surface area contributed by atoms with Crippen LogP contribution in [-0.4, -0.2) is 28.7 Å². The molecule has 0 spiro atoms.